The maximum Gasteiger partial charge on any atom is 0.234 e. The molecular weight excluding hydrogens is 294 g/mol. The highest BCUT2D eigenvalue weighted by Gasteiger charge is 2.27. The molecule has 1 amide bonds. The maximum absolute atomic E-state index is 13.4. The molecule has 0 radical (unpaired) electrons. The molecule has 126 valence electrons. The van der Waals surface area contributed by atoms with Gasteiger partial charge in [-0.15, -0.1) is 0 Å². The van der Waals surface area contributed by atoms with E-state index in [0.717, 1.165) is 37.1 Å². The van der Waals surface area contributed by atoms with Crippen molar-refractivity contribution in [1.29, 1.82) is 0 Å². The molecule has 2 aromatic carbocycles. The number of hydrogen-bond donors (Lipinski definition) is 0. The van der Waals surface area contributed by atoms with Crippen LogP contribution in [0.25, 0.3) is 0 Å². The van der Waals surface area contributed by atoms with E-state index in [1.165, 1.54) is 25.7 Å². The van der Waals surface area contributed by atoms with E-state index in [1.807, 2.05) is 36.4 Å². The summed E-state index contributed by atoms with van der Waals surface area (Å²) in [6.07, 6.45) is 7.35. The van der Waals surface area contributed by atoms with Crippen molar-refractivity contribution in [2.45, 2.75) is 44.4 Å². The summed E-state index contributed by atoms with van der Waals surface area (Å²) in [5.41, 5.74) is 2.18. The van der Waals surface area contributed by atoms with Gasteiger partial charge in [0.15, 0.2) is 0 Å². The monoisotopic (exact) mass is 321 g/mol. The third-order valence-corrected chi connectivity index (χ3v) is 4.93. The minimum absolute atomic E-state index is 0.187. The van der Waals surface area contributed by atoms with Gasteiger partial charge in [-0.1, -0.05) is 86.3 Å². The van der Waals surface area contributed by atoms with E-state index < -0.39 is 0 Å². The first-order valence-corrected chi connectivity index (χ1v) is 9.25. The van der Waals surface area contributed by atoms with Crippen LogP contribution in [0.15, 0.2) is 60.7 Å². The van der Waals surface area contributed by atoms with E-state index >= 15 is 0 Å². The minimum Gasteiger partial charge on any atom is -0.342 e. The molecule has 0 N–H and O–H groups in total. The second-order valence-corrected chi connectivity index (χ2v) is 6.70. The van der Waals surface area contributed by atoms with Gasteiger partial charge in [-0.25, -0.2) is 0 Å². The maximum atomic E-state index is 13.4. The number of amides is 1. The fraction of sp³-hybridized carbons (Fsp3) is 0.409. The summed E-state index contributed by atoms with van der Waals surface area (Å²) in [7, 11) is 0. The van der Waals surface area contributed by atoms with Crippen LogP contribution in [-0.4, -0.2) is 23.9 Å². The van der Waals surface area contributed by atoms with Crippen LogP contribution in [0.4, 0.5) is 0 Å². The van der Waals surface area contributed by atoms with Crippen molar-refractivity contribution in [1.82, 2.24) is 4.90 Å². The van der Waals surface area contributed by atoms with E-state index in [9.17, 15) is 4.79 Å². The van der Waals surface area contributed by atoms with Crippen molar-refractivity contribution >= 4 is 5.91 Å². The van der Waals surface area contributed by atoms with E-state index in [-0.39, 0.29) is 11.8 Å². The van der Waals surface area contributed by atoms with Crippen molar-refractivity contribution in [3.8, 4) is 0 Å². The average molecular weight is 321 g/mol. The fourth-order valence-electron chi connectivity index (χ4n) is 3.60. The molecule has 2 aromatic rings. The van der Waals surface area contributed by atoms with Crippen LogP contribution in [-0.2, 0) is 4.79 Å². The molecule has 1 aliphatic heterocycles. The van der Waals surface area contributed by atoms with Gasteiger partial charge in [0.25, 0.3) is 0 Å². The van der Waals surface area contributed by atoms with Crippen LogP contribution in [0.3, 0.4) is 0 Å². The molecule has 0 aromatic heterocycles. The number of benzene rings is 2. The number of carbonyl (C=O) groups is 1. The quantitative estimate of drug-likeness (QED) is 0.779. The molecule has 0 bridgehead atoms. The molecule has 2 nitrogen and oxygen atoms in total. The Bertz CT molecular complexity index is 573. The van der Waals surface area contributed by atoms with Gasteiger partial charge in [0.05, 0.1) is 5.92 Å². The zero-order valence-corrected chi connectivity index (χ0v) is 14.4. The van der Waals surface area contributed by atoms with Gasteiger partial charge in [-0.05, 0) is 24.0 Å². The van der Waals surface area contributed by atoms with Gasteiger partial charge in [-0.3, -0.25) is 4.79 Å². The van der Waals surface area contributed by atoms with Crippen LogP contribution in [0.1, 0.15) is 55.6 Å². The van der Waals surface area contributed by atoms with Gasteiger partial charge < -0.3 is 4.90 Å². The van der Waals surface area contributed by atoms with E-state index in [2.05, 4.69) is 29.2 Å². The SMILES string of the molecule is O=C(C(c1ccccc1)c1ccccc1)N1CCCCCCCC1. The zero-order chi connectivity index (χ0) is 16.6. The summed E-state index contributed by atoms with van der Waals surface area (Å²) in [6, 6.07) is 20.4. The number of nitrogens with zero attached hydrogens (tertiary/aromatic N) is 1. The Hall–Kier alpha value is -2.09. The zero-order valence-electron chi connectivity index (χ0n) is 14.4. The molecule has 0 aliphatic carbocycles. The molecule has 3 rings (SSSR count). The molecule has 24 heavy (non-hydrogen) atoms. The Labute approximate surface area is 145 Å². The average Bonchev–Trinajstić information content (AvgIpc) is 2.77. The van der Waals surface area contributed by atoms with E-state index in [0.29, 0.717) is 0 Å². The lowest BCUT2D eigenvalue weighted by atomic mass is 9.90. The summed E-state index contributed by atoms with van der Waals surface area (Å²) in [5.74, 6) is 0.0717. The van der Waals surface area contributed by atoms with Gasteiger partial charge in [0.1, 0.15) is 0 Å². The van der Waals surface area contributed by atoms with Crippen molar-refractivity contribution in [2.24, 2.45) is 0 Å². The molecular formula is C22H27NO. The lowest BCUT2D eigenvalue weighted by Gasteiger charge is -2.28. The second kappa shape index (κ2) is 8.68. The van der Waals surface area contributed by atoms with Crippen LogP contribution in [0.2, 0.25) is 0 Å². The molecule has 1 aliphatic rings. The molecule has 0 atom stereocenters. The van der Waals surface area contributed by atoms with Crippen molar-refractivity contribution in [3.05, 3.63) is 71.8 Å². The smallest absolute Gasteiger partial charge is 0.234 e. The summed E-state index contributed by atoms with van der Waals surface area (Å²) in [5, 5.41) is 0. The standard InChI is InChI=1S/C22H27NO/c24-22(23-17-11-3-1-2-4-12-18-23)21(19-13-7-5-8-14-19)20-15-9-6-10-16-20/h5-10,13-16,21H,1-4,11-12,17-18H2. The van der Waals surface area contributed by atoms with Crippen molar-refractivity contribution in [2.75, 3.05) is 13.1 Å². The second-order valence-electron chi connectivity index (χ2n) is 6.70. The van der Waals surface area contributed by atoms with Gasteiger partial charge in [-0.2, -0.15) is 0 Å². The highest BCUT2D eigenvalue weighted by Crippen LogP contribution is 2.27. The normalized spacial score (nSPS) is 16.3. The van der Waals surface area contributed by atoms with Gasteiger partial charge in [0.2, 0.25) is 5.91 Å². The lowest BCUT2D eigenvalue weighted by molar-refractivity contribution is -0.132. The predicted molar refractivity (Wildman–Crippen MR) is 99.0 cm³/mol. The fourth-order valence-corrected chi connectivity index (χ4v) is 3.60. The first-order valence-electron chi connectivity index (χ1n) is 9.25. The van der Waals surface area contributed by atoms with E-state index in [4.69, 9.17) is 0 Å². The number of hydrogen-bond acceptors (Lipinski definition) is 1. The highest BCUT2D eigenvalue weighted by atomic mass is 16.2. The van der Waals surface area contributed by atoms with E-state index in [1.54, 1.807) is 0 Å². The Kier molecular flexibility index (Phi) is 6.06. The first kappa shape index (κ1) is 16.8. The van der Waals surface area contributed by atoms with Crippen LogP contribution in [0.5, 0.6) is 0 Å². The first-order chi connectivity index (χ1) is 11.9. The molecule has 0 saturated carbocycles. The van der Waals surface area contributed by atoms with Crippen LogP contribution < -0.4 is 0 Å². The Morgan fingerprint density at radius 1 is 0.667 bits per heavy atom. The molecule has 1 heterocycles. The Morgan fingerprint density at radius 3 is 1.54 bits per heavy atom. The molecule has 1 saturated heterocycles. The topological polar surface area (TPSA) is 20.3 Å². The lowest BCUT2D eigenvalue weighted by Crippen LogP contribution is -2.37. The molecule has 2 heteroatoms. The third-order valence-electron chi connectivity index (χ3n) is 4.93. The van der Waals surface area contributed by atoms with Crippen molar-refractivity contribution in [3.63, 3.8) is 0 Å². The third kappa shape index (κ3) is 4.25. The molecule has 0 unspecified atom stereocenters. The van der Waals surface area contributed by atoms with Gasteiger partial charge >= 0.3 is 0 Å². The summed E-state index contributed by atoms with van der Waals surface area (Å²) in [6.45, 7) is 1.80. The predicted octanol–water partition coefficient (Wildman–Crippen LogP) is 5.00. The number of rotatable bonds is 3. The summed E-state index contributed by atoms with van der Waals surface area (Å²) >= 11 is 0. The number of carbonyl (C=O) groups excluding carboxylic acids is 1. The van der Waals surface area contributed by atoms with Crippen LogP contribution in [0, 0.1) is 0 Å². The highest BCUT2D eigenvalue weighted by molar-refractivity contribution is 5.87. The largest absolute Gasteiger partial charge is 0.342 e. The molecule has 0 spiro atoms. The molecule has 1 fully saturated rings. The summed E-state index contributed by atoms with van der Waals surface area (Å²) in [4.78, 5) is 15.5. The summed E-state index contributed by atoms with van der Waals surface area (Å²) < 4.78 is 0. The Balaban J connectivity index is 1.88. The van der Waals surface area contributed by atoms with Crippen LogP contribution >= 0.6 is 0 Å². The van der Waals surface area contributed by atoms with Gasteiger partial charge in [0, 0.05) is 13.1 Å². The van der Waals surface area contributed by atoms with Crippen molar-refractivity contribution < 1.29 is 4.79 Å². The Morgan fingerprint density at radius 2 is 1.08 bits per heavy atom. The minimum atomic E-state index is -0.187.